The van der Waals surface area contributed by atoms with Crippen LogP contribution in [0.15, 0.2) is 24.3 Å². The molecule has 106 valence electrons. The summed E-state index contributed by atoms with van der Waals surface area (Å²) in [6.07, 6.45) is -0.753. The number of hydrogen-bond donors (Lipinski definition) is 2. The van der Waals surface area contributed by atoms with Gasteiger partial charge in [-0.05, 0) is 31.2 Å². The molecule has 2 atom stereocenters. The van der Waals surface area contributed by atoms with Crippen molar-refractivity contribution >= 4 is 5.91 Å². The van der Waals surface area contributed by atoms with Gasteiger partial charge in [0.15, 0.2) is 6.10 Å². The van der Waals surface area contributed by atoms with E-state index in [2.05, 4.69) is 5.32 Å². The molecule has 0 aliphatic rings. The standard InChI is InChI=1S/C13H18FNO4/c1-9(13(17)15-11(7-16)8-18-2)19-12-5-3-10(14)4-6-12/h3-6,9,11,16H,7-8H2,1-2H3,(H,15,17). The van der Waals surface area contributed by atoms with Gasteiger partial charge in [0.2, 0.25) is 0 Å². The number of hydrogen-bond acceptors (Lipinski definition) is 4. The maximum Gasteiger partial charge on any atom is 0.261 e. The van der Waals surface area contributed by atoms with E-state index in [9.17, 15) is 9.18 Å². The summed E-state index contributed by atoms with van der Waals surface area (Å²) in [7, 11) is 1.48. The first-order valence-electron chi connectivity index (χ1n) is 5.89. The number of ether oxygens (including phenoxy) is 2. The van der Waals surface area contributed by atoms with Crippen LogP contribution in [0.25, 0.3) is 0 Å². The highest BCUT2D eigenvalue weighted by Crippen LogP contribution is 2.13. The van der Waals surface area contributed by atoms with E-state index < -0.39 is 12.1 Å². The Morgan fingerprint density at radius 3 is 2.58 bits per heavy atom. The molecule has 0 saturated heterocycles. The third kappa shape index (κ3) is 5.23. The molecule has 0 saturated carbocycles. The number of carbonyl (C=O) groups is 1. The lowest BCUT2D eigenvalue weighted by molar-refractivity contribution is -0.128. The number of aliphatic hydroxyl groups is 1. The SMILES string of the molecule is COCC(CO)NC(=O)C(C)Oc1ccc(F)cc1. The third-order valence-corrected chi connectivity index (χ3v) is 2.43. The van der Waals surface area contributed by atoms with Crippen LogP contribution in [0.2, 0.25) is 0 Å². The van der Waals surface area contributed by atoms with Crippen molar-refractivity contribution in [3.63, 3.8) is 0 Å². The molecule has 0 radical (unpaired) electrons. The largest absolute Gasteiger partial charge is 0.481 e. The number of rotatable bonds is 7. The minimum Gasteiger partial charge on any atom is -0.481 e. The highest BCUT2D eigenvalue weighted by molar-refractivity contribution is 5.81. The van der Waals surface area contributed by atoms with Gasteiger partial charge < -0.3 is 19.9 Å². The summed E-state index contributed by atoms with van der Waals surface area (Å²) in [5.41, 5.74) is 0. The Morgan fingerprint density at radius 2 is 2.05 bits per heavy atom. The van der Waals surface area contributed by atoms with Crippen molar-refractivity contribution in [2.24, 2.45) is 0 Å². The van der Waals surface area contributed by atoms with Crippen molar-refractivity contribution in [2.75, 3.05) is 20.3 Å². The Labute approximate surface area is 111 Å². The number of aliphatic hydroxyl groups excluding tert-OH is 1. The lowest BCUT2D eigenvalue weighted by Crippen LogP contribution is -2.46. The van der Waals surface area contributed by atoms with Gasteiger partial charge in [-0.25, -0.2) is 4.39 Å². The second kappa shape index (κ2) is 7.70. The first-order chi connectivity index (χ1) is 9.06. The fourth-order valence-corrected chi connectivity index (χ4v) is 1.43. The van der Waals surface area contributed by atoms with E-state index in [1.807, 2.05) is 0 Å². The fourth-order valence-electron chi connectivity index (χ4n) is 1.43. The molecular weight excluding hydrogens is 253 g/mol. The molecule has 2 unspecified atom stereocenters. The van der Waals surface area contributed by atoms with Gasteiger partial charge in [-0.1, -0.05) is 0 Å². The Morgan fingerprint density at radius 1 is 1.42 bits per heavy atom. The molecule has 0 bridgehead atoms. The van der Waals surface area contributed by atoms with Gasteiger partial charge in [0.1, 0.15) is 11.6 Å². The Bertz CT molecular complexity index is 396. The highest BCUT2D eigenvalue weighted by atomic mass is 19.1. The quantitative estimate of drug-likeness (QED) is 0.766. The Kier molecular flexibility index (Phi) is 6.24. The molecule has 19 heavy (non-hydrogen) atoms. The van der Waals surface area contributed by atoms with E-state index in [0.29, 0.717) is 5.75 Å². The molecule has 0 heterocycles. The first-order valence-corrected chi connectivity index (χ1v) is 5.89. The van der Waals surface area contributed by atoms with E-state index in [1.165, 1.54) is 31.4 Å². The van der Waals surface area contributed by atoms with Gasteiger partial charge in [-0.3, -0.25) is 4.79 Å². The molecule has 0 aliphatic carbocycles. The summed E-state index contributed by atoms with van der Waals surface area (Å²) in [6.45, 7) is 1.56. The maximum atomic E-state index is 12.7. The van der Waals surface area contributed by atoms with Crippen molar-refractivity contribution in [1.82, 2.24) is 5.32 Å². The first kappa shape index (κ1) is 15.4. The van der Waals surface area contributed by atoms with E-state index in [1.54, 1.807) is 6.92 Å². The molecule has 1 aromatic rings. The second-order valence-electron chi connectivity index (χ2n) is 4.06. The monoisotopic (exact) mass is 271 g/mol. The molecule has 2 N–H and O–H groups in total. The molecule has 6 heteroatoms. The van der Waals surface area contributed by atoms with Crippen LogP contribution in [-0.2, 0) is 9.53 Å². The van der Waals surface area contributed by atoms with Crippen LogP contribution in [0.5, 0.6) is 5.75 Å². The summed E-state index contributed by atoms with van der Waals surface area (Å²) >= 11 is 0. The lowest BCUT2D eigenvalue weighted by atomic mass is 10.3. The number of halogens is 1. The van der Waals surface area contributed by atoms with Gasteiger partial charge in [0.05, 0.1) is 19.3 Å². The zero-order valence-corrected chi connectivity index (χ0v) is 10.9. The van der Waals surface area contributed by atoms with Crippen molar-refractivity contribution < 1.29 is 23.8 Å². The number of amides is 1. The van der Waals surface area contributed by atoms with Crippen molar-refractivity contribution in [1.29, 1.82) is 0 Å². The minimum atomic E-state index is -0.753. The molecule has 0 fully saturated rings. The minimum absolute atomic E-state index is 0.214. The molecular formula is C13H18FNO4. The van der Waals surface area contributed by atoms with Gasteiger partial charge in [0, 0.05) is 7.11 Å². The van der Waals surface area contributed by atoms with Gasteiger partial charge in [-0.2, -0.15) is 0 Å². The normalized spacial score (nSPS) is 13.7. The van der Waals surface area contributed by atoms with Crippen LogP contribution in [0, 0.1) is 5.82 Å². The smallest absolute Gasteiger partial charge is 0.261 e. The summed E-state index contributed by atoms with van der Waals surface area (Å²) in [4.78, 5) is 11.8. The lowest BCUT2D eigenvalue weighted by Gasteiger charge is -2.19. The average molecular weight is 271 g/mol. The summed E-state index contributed by atoms with van der Waals surface area (Å²) < 4.78 is 22.9. The topological polar surface area (TPSA) is 67.8 Å². The van der Waals surface area contributed by atoms with Crippen LogP contribution in [0.3, 0.4) is 0 Å². The second-order valence-corrected chi connectivity index (χ2v) is 4.06. The molecule has 1 aromatic carbocycles. The highest BCUT2D eigenvalue weighted by Gasteiger charge is 2.18. The zero-order valence-electron chi connectivity index (χ0n) is 10.9. The maximum absolute atomic E-state index is 12.7. The summed E-state index contributed by atoms with van der Waals surface area (Å²) in [5, 5.41) is 11.6. The number of nitrogens with one attached hydrogen (secondary N) is 1. The molecule has 5 nitrogen and oxygen atoms in total. The van der Waals surface area contributed by atoms with Crippen LogP contribution >= 0.6 is 0 Å². The predicted octanol–water partition coefficient (Wildman–Crippen LogP) is 0.717. The molecule has 1 amide bonds. The average Bonchev–Trinajstić information content (AvgIpc) is 2.40. The number of methoxy groups -OCH3 is 1. The predicted molar refractivity (Wildman–Crippen MR) is 67.4 cm³/mol. The summed E-state index contributed by atoms with van der Waals surface area (Å²) in [6, 6.07) is 4.91. The van der Waals surface area contributed by atoms with Gasteiger partial charge in [-0.15, -0.1) is 0 Å². The fraction of sp³-hybridized carbons (Fsp3) is 0.462. The van der Waals surface area contributed by atoms with Gasteiger partial charge >= 0.3 is 0 Å². The van der Waals surface area contributed by atoms with Crippen LogP contribution in [0.1, 0.15) is 6.92 Å². The van der Waals surface area contributed by atoms with Crippen LogP contribution < -0.4 is 10.1 Å². The number of benzene rings is 1. The molecule has 0 spiro atoms. The van der Waals surface area contributed by atoms with E-state index in [0.717, 1.165) is 0 Å². The van der Waals surface area contributed by atoms with E-state index in [-0.39, 0.29) is 24.9 Å². The van der Waals surface area contributed by atoms with E-state index >= 15 is 0 Å². The van der Waals surface area contributed by atoms with Crippen LogP contribution in [-0.4, -0.2) is 43.5 Å². The molecule has 0 aliphatic heterocycles. The number of carbonyl (C=O) groups excluding carboxylic acids is 1. The van der Waals surface area contributed by atoms with Crippen molar-refractivity contribution in [3.8, 4) is 5.75 Å². The third-order valence-electron chi connectivity index (χ3n) is 2.43. The molecule has 1 rings (SSSR count). The van der Waals surface area contributed by atoms with Crippen molar-refractivity contribution in [3.05, 3.63) is 30.1 Å². The summed E-state index contributed by atoms with van der Waals surface area (Å²) in [5.74, 6) is -0.346. The Hall–Kier alpha value is -1.66. The Balaban J connectivity index is 2.50. The van der Waals surface area contributed by atoms with Gasteiger partial charge in [0.25, 0.3) is 5.91 Å². The van der Waals surface area contributed by atoms with Crippen molar-refractivity contribution in [2.45, 2.75) is 19.1 Å². The van der Waals surface area contributed by atoms with E-state index in [4.69, 9.17) is 14.6 Å². The van der Waals surface area contributed by atoms with Crippen LogP contribution in [0.4, 0.5) is 4.39 Å². The zero-order chi connectivity index (χ0) is 14.3. The molecule has 0 aromatic heterocycles.